The fourth-order valence-electron chi connectivity index (χ4n) is 2.77. The van der Waals surface area contributed by atoms with Gasteiger partial charge < -0.3 is 24.6 Å². The van der Waals surface area contributed by atoms with Gasteiger partial charge in [-0.3, -0.25) is 4.79 Å². The molecule has 0 aliphatic heterocycles. The zero-order chi connectivity index (χ0) is 19.9. The largest absolute Gasteiger partial charge is 0.493 e. The van der Waals surface area contributed by atoms with Crippen LogP contribution in [0.15, 0.2) is 59.1 Å². The summed E-state index contributed by atoms with van der Waals surface area (Å²) in [5, 5.41) is 9.87. The van der Waals surface area contributed by atoms with E-state index in [-0.39, 0.29) is 5.91 Å². The van der Waals surface area contributed by atoms with E-state index in [4.69, 9.17) is 14.0 Å². The summed E-state index contributed by atoms with van der Waals surface area (Å²) in [5.74, 6) is 1.97. The summed E-state index contributed by atoms with van der Waals surface area (Å²) >= 11 is 0. The lowest BCUT2D eigenvalue weighted by molar-refractivity contribution is -0.117. The van der Waals surface area contributed by atoms with Crippen molar-refractivity contribution in [3.05, 3.63) is 65.9 Å². The van der Waals surface area contributed by atoms with Crippen molar-refractivity contribution in [3.63, 3.8) is 0 Å². The number of aromatic nitrogens is 1. The molecule has 0 bridgehead atoms. The lowest BCUT2D eigenvalue weighted by atomic mass is 10.1. The molecule has 7 heteroatoms. The number of aryl methyl sites for hydroxylation is 1. The highest BCUT2D eigenvalue weighted by atomic mass is 16.5. The lowest BCUT2D eigenvalue weighted by Crippen LogP contribution is -2.27. The van der Waals surface area contributed by atoms with Gasteiger partial charge in [-0.25, -0.2) is 0 Å². The van der Waals surface area contributed by atoms with Crippen molar-refractivity contribution in [2.45, 2.75) is 19.9 Å². The summed E-state index contributed by atoms with van der Waals surface area (Å²) in [6, 6.07) is 15.9. The molecule has 146 valence electrons. The first kappa shape index (κ1) is 19.3. The zero-order valence-electron chi connectivity index (χ0n) is 16.1. The molecule has 0 saturated heterocycles. The third kappa shape index (κ3) is 4.62. The second kappa shape index (κ2) is 8.94. The van der Waals surface area contributed by atoms with E-state index in [1.165, 1.54) is 0 Å². The molecule has 0 aliphatic carbocycles. The van der Waals surface area contributed by atoms with Crippen molar-refractivity contribution < 1.29 is 18.8 Å². The number of ether oxygens (including phenoxy) is 2. The highest BCUT2D eigenvalue weighted by Gasteiger charge is 2.22. The first-order valence-corrected chi connectivity index (χ1v) is 8.97. The molecular formula is C21H23N3O4. The van der Waals surface area contributed by atoms with Crippen molar-refractivity contribution in [1.82, 2.24) is 5.16 Å². The minimum atomic E-state index is -0.638. The Morgan fingerprint density at radius 1 is 1.14 bits per heavy atom. The van der Waals surface area contributed by atoms with Crippen LogP contribution in [0.3, 0.4) is 0 Å². The van der Waals surface area contributed by atoms with E-state index in [1.54, 1.807) is 26.2 Å². The number of hydrogen-bond acceptors (Lipinski definition) is 6. The number of carbonyl (C=O) groups excluding carboxylic acids is 1. The second-order valence-corrected chi connectivity index (χ2v) is 6.10. The smallest absolute Gasteiger partial charge is 0.252 e. The predicted molar refractivity (Wildman–Crippen MR) is 107 cm³/mol. The molecule has 1 atom stereocenters. The molecule has 2 N–H and O–H groups in total. The highest BCUT2D eigenvalue weighted by Crippen LogP contribution is 2.32. The van der Waals surface area contributed by atoms with Crippen LogP contribution in [-0.2, 0) is 4.79 Å². The van der Waals surface area contributed by atoms with Crippen LogP contribution in [0.1, 0.15) is 24.3 Å². The third-order valence-electron chi connectivity index (χ3n) is 4.05. The number of carbonyl (C=O) groups is 1. The molecule has 3 aromatic rings. The van der Waals surface area contributed by atoms with Crippen LogP contribution in [0.4, 0.5) is 11.5 Å². The number of rotatable bonds is 8. The standard InChI is InChI=1S/C21H23N3O4/c1-4-27-17-11-10-16(13-18(17)26-3)22-20(15-8-6-5-7-9-15)21(25)23-19-12-14(2)28-24-19/h5-13,20,22H,4H2,1-3H3,(H,23,24,25)/t20-/m0/s1. The average Bonchev–Trinajstić information content (AvgIpc) is 3.12. The van der Waals surface area contributed by atoms with Gasteiger partial charge in [-0.2, -0.15) is 0 Å². The topological polar surface area (TPSA) is 85.6 Å². The van der Waals surface area contributed by atoms with E-state index in [2.05, 4.69) is 15.8 Å². The van der Waals surface area contributed by atoms with Gasteiger partial charge in [-0.1, -0.05) is 35.5 Å². The van der Waals surface area contributed by atoms with Crippen molar-refractivity contribution in [2.75, 3.05) is 24.4 Å². The fourth-order valence-corrected chi connectivity index (χ4v) is 2.77. The van der Waals surface area contributed by atoms with E-state index >= 15 is 0 Å². The number of methoxy groups -OCH3 is 1. The van der Waals surface area contributed by atoms with Gasteiger partial charge in [0, 0.05) is 17.8 Å². The van der Waals surface area contributed by atoms with Crippen LogP contribution in [-0.4, -0.2) is 24.8 Å². The molecule has 7 nitrogen and oxygen atoms in total. The van der Waals surface area contributed by atoms with Crippen LogP contribution in [0.25, 0.3) is 0 Å². The van der Waals surface area contributed by atoms with Gasteiger partial charge in [0.15, 0.2) is 17.3 Å². The Balaban J connectivity index is 1.86. The van der Waals surface area contributed by atoms with Crippen LogP contribution < -0.4 is 20.1 Å². The zero-order valence-corrected chi connectivity index (χ0v) is 16.1. The minimum absolute atomic E-state index is 0.257. The van der Waals surface area contributed by atoms with Gasteiger partial charge in [-0.15, -0.1) is 0 Å². The maximum absolute atomic E-state index is 12.9. The number of amides is 1. The molecule has 1 heterocycles. The first-order valence-electron chi connectivity index (χ1n) is 8.97. The molecule has 0 spiro atoms. The Hall–Kier alpha value is -3.48. The Morgan fingerprint density at radius 2 is 1.93 bits per heavy atom. The van der Waals surface area contributed by atoms with Crippen molar-refractivity contribution >= 4 is 17.4 Å². The summed E-state index contributed by atoms with van der Waals surface area (Å²) in [6.07, 6.45) is 0. The Morgan fingerprint density at radius 3 is 2.57 bits per heavy atom. The molecule has 0 radical (unpaired) electrons. The SMILES string of the molecule is CCOc1ccc(N[C@H](C(=O)Nc2cc(C)on2)c2ccccc2)cc1OC. The molecule has 0 saturated carbocycles. The molecular weight excluding hydrogens is 358 g/mol. The molecule has 0 unspecified atom stereocenters. The van der Waals surface area contributed by atoms with Gasteiger partial charge in [0.1, 0.15) is 11.8 Å². The van der Waals surface area contributed by atoms with E-state index in [0.717, 1.165) is 11.3 Å². The minimum Gasteiger partial charge on any atom is -0.493 e. The Kier molecular flexibility index (Phi) is 6.16. The van der Waals surface area contributed by atoms with Crippen LogP contribution in [0.5, 0.6) is 11.5 Å². The second-order valence-electron chi connectivity index (χ2n) is 6.10. The first-order chi connectivity index (χ1) is 13.6. The number of benzene rings is 2. The summed E-state index contributed by atoms with van der Waals surface area (Å²) in [7, 11) is 1.58. The summed E-state index contributed by atoms with van der Waals surface area (Å²) in [5.41, 5.74) is 1.54. The Labute approximate surface area is 163 Å². The van der Waals surface area contributed by atoms with Crippen LogP contribution in [0.2, 0.25) is 0 Å². The number of anilines is 2. The van der Waals surface area contributed by atoms with Gasteiger partial charge in [-0.05, 0) is 31.5 Å². The van der Waals surface area contributed by atoms with Gasteiger partial charge in [0.25, 0.3) is 5.91 Å². The Bertz CT molecular complexity index is 924. The van der Waals surface area contributed by atoms with Crippen LogP contribution in [0, 0.1) is 6.92 Å². The summed E-state index contributed by atoms with van der Waals surface area (Å²) in [4.78, 5) is 12.9. The predicted octanol–water partition coefficient (Wildman–Crippen LogP) is 4.18. The van der Waals surface area contributed by atoms with E-state index < -0.39 is 6.04 Å². The average molecular weight is 381 g/mol. The number of nitrogens with one attached hydrogen (secondary N) is 2. The molecule has 3 rings (SSSR count). The molecule has 1 aromatic heterocycles. The maximum Gasteiger partial charge on any atom is 0.252 e. The van der Waals surface area contributed by atoms with Gasteiger partial charge in [0.05, 0.1) is 13.7 Å². The van der Waals surface area contributed by atoms with E-state index in [9.17, 15) is 4.79 Å². The summed E-state index contributed by atoms with van der Waals surface area (Å²) < 4.78 is 16.0. The fraction of sp³-hybridized carbons (Fsp3) is 0.238. The third-order valence-corrected chi connectivity index (χ3v) is 4.05. The number of nitrogens with zero attached hydrogens (tertiary/aromatic N) is 1. The van der Waals surface area contributed by atoms with Gasteiger partial charge >= 0.3 is 0 Å². The maximum atomic E-state index is 12.9. The quantitative estimate of drug-likeness (QED) is 0.609. The monoisotopic (exact) mass is 381 g/mol. The summed E-state index contributed by atoms with van der Waals surface area (Å²) in [6.45, 7) is 4.21. The van der Waals surface area contributed by atoms with Crippen molar-refractivity contribution in [3.8, 4) is 11.5 Å². The van der Waals surface area contributed by atoms with E-state index in [0.29, 0.717) is 29.7 Å². The highest BCUT2D eigenvalue weighted by molar-refractivity contribution is 5.96. The van der Waals surface area contributed by atoms with Crippen molar-refractivity contribution in [1.29, 1.82) is 0 Å². The molecule has 0 fully saturated rings. The molecule has 2 aromatic carbocycles. The van der Waals surface area contributed by atoms with E-state index in [1.807, 2.05) is 49.4 Å². The number of hydrogen-bond donors (Lipinski definition) is 2. The molecule has 1 amide bonds. The van der Waals surface area contributed by atoms with Crippen LogP contribution >= 0.6 is 0 Å². The van der Waals surface area contributed by atoms with Crippen molar-refractivity contribution in [2.24, 2.45) is 0 Å². The molecule has 28 heavy (non-hydrogen) atoms. The molecule has 0 aliphatic rings. The lowest BCUT2D eigenvalue weighted by Gasteiger charge is -2.20. The van der Waals surface area contributed by atoms with Gasteiger partial charge in [0.2, 0.25) is 0 Å². The normalized spacial score (nSPS) is 11.5.